The van der Waals surface area contributed by atoms with Gasteiger partial charge < -0.3 is 10.1 Å². The summed E-state index contributed by atoms with van der Waals surface area (Å²) in [6, 6.07) is 9.03. The van der Waals surface area contributed by atoms with Gasteiger partial charge in [-0.15, -0.1) is 0 Å². The number of hydrogen-bond donors (Lipinski definition) is 1. The third kappa shape index (κ3) is 4.50. The van der Waals surface area contributed by atoms with Gasteiger partial charge in [0, 0.05) is 35.8 Å². The molecule has 3 rings (SSSR count). The molecule has 0 bridgehead atoms. The van der Waals surface area contributed by atoms with Gasteiger partial charge >= 0.3 is 0 Å². The van der Waals surface area contributed by atoms with Gasteiger partial charge in [-0.2, -0.15) is 0 Å². The molecule has 1 N–H and O–H groups in total. The maximum absolute atomic E-state index is 13.2. The summed E-state index contributed by atoms with van der Waals surface area (Å²) in [5.74, 6) is -0.249. The van der Waals surface area contributed by atoms with E-state index < -0.39 is 11.6 Å². The number of nitrogens with zero attached hydrogens (tertiary/aromatic N) is 3. The van der Waals surface area contributed by atoms with Crippen molar-refractivity contribution in [3.8, 4) is 17.1 Å². The Morgan fingerprint density at radius 3 is 2.54 bits per heavy atom. The van der Waals surface area contributed by atoms with Crippen LogP contribution in [-0.2, 0) is 6.42 Å². The van der Waals surface area contributed by atoms with Crippen LogP contribution < -0.4 is 10.1 Å². The first-order valence-corrected chi connectivity index (χ1v) is 8.26. The fourth-order valence-corrected chi connectivity index (χ4v) is 2.31. The Morgan fingerprint density at radius 2 is 1.81 bits per heavy atom. The summed E-state index contributed by atoms with van der Waals surface area (Å²) >= 11 is 0. The first-order chi connectivity index (χ1) is 12.7. The number of benzene rings is 1. The number of aromatic nitrogens is 3. The van der Waals surface area contributed by atoms with E-state index in [0.717, 1.165) is 29.8 Å². The average molecular weight is 356 g/mol. The lowest BCUT2D eigenvalue weighted by Gasteiger charge is -2.11. The van der Waals surface area contributed by atoms with Gasteiger partial charge in [-0.05, 0) is 30.7 Å². The predicted octanol–water partition coefficient (Wildman–Crippen LogP) is 3.87. The number of halogens is 2. The normalized spacial score (nSPS) is 10.6. The van der Waals surface area contributed by atoms with E-state index in [1.807, 2.05) is 25.1 Å². The summed E-state index contributed by atoms with van der Waals surface area (Å²) in [5.41, 5.74) is 1.80. The van der Waals surface area contributed by atoms with E-state index in [9.17, 15) is 8.78 Å². The van der Waals surface area contributed by atoms with Gasteiger partial charge in [0.25, 0.3) is 0 Å². The lowest BCUT2D eigenvalue weighted by Crippen LogP contribution is -2.13. The number of nitrogens with one attached hydrogen (secondary N) is 1. The van der Waals surface area contributed by atoms with Crippen LogP contribution in [0.15, 0.2) is 48.8 Å². The molecule has 5 nitrogen and oxygen atoms in total. The van der Waals surface area contributed by atoms with Crippen LogP contribution in [0.3, 0.4) is 0 Å². The summed E-state index contributed by atoms with van der Waals surface area (Å²) in [4.78, 5) is 13.0. The van der Waals surface area contributed by atoms with E-state index in [0.29, 0.717) is 18.2 Å². The molecule has 2 aromatic heterocycles. The van der Waals surface area contributed by atoms with Crippen LogP contribution >= 0.6 is 0 Å². The van der Waals surface area contributed by atoms with Crippen molar-refractivity contribution in [1.29, 1.82) is 0 Å². The molecular weight excluding hydrogens is 338 g/mol. The quantitative estimate of drug-likeness (QED) is 0.651. The Labute approximate surface area is 150 Å². The minimum Gasteiger partial charge on any atom is -0.492 e. The van der Waals surface area contributed by atoms with E-state index in [1.165, 1.54) is 6.07 Å². The number of aryl methyl sites for hydroxylation is 1. The summed E-state index contributed by atoms with van der Waals surface area (Å²) < 4.78 is 31.5. The van der Waals surface area contributed by atoms with Gasteiger partial charge in [-0.3, -0.25) is 4.98 Å². The van der Waals surface area contributed by atoms with E-state index >= 15 is 0 Å². The Hall–Kier alpha value is -3.09. The van der Waals surface area contributed by atoms with Crippen molar-refractivity contribution in [1.82, 2.24) is 15.0 Å². The Morgan fingerprint density at radius 1 is 1.00 bits per heavy atom. The second-order valence-electron chi connectivity index (χ2n) is 5.51. The van der Waals surface area contributed by atoms with Gasteiger partial charge in [0.1, 0.15) is 18.2 Å². The minimum atomic E-state index is -0.930. The van der Waals surface area contributed by atoms with Crippen molar-refractivity contribution in [2.24, 2.45) is 0 Å². The largest absolute Gasteiger partial charge is 0.492 e. The summed E-state index contributed by atoms with van der Waals surface area (Å²) in [5, 5.41) is 3.17. The van der Waals surface area contributed by atoms with Gasteiger partial charge in [-0.1, -0.05) is 6.92 Å². The lowest BCUT2D eigenvalue weighted by molar-refractivity contribution is 0.329. The second-order valence-corrected chi connectivity index (χ2v) is 5.51. The highest BCUT2D eigenvalue weighted by molar-refractivity contribution is 5.56. The third-order valence-corrected chi connectivity index (χ3v) is 3.65. The molecule has 0 spiro atoms. The molecule has 0 atom stereocenters. The molecule has 26 heavy (non-hydrogen) atoms. The molecule has 0 aliphatic rings. The topological polar surface area (TPSA) is 59.9 Å². The van der Waals surface area contributed by atoms with E-state index in [2.05, 4.69) is 20.3 Å². The molecule has 0 radical (unpaired) electrons. The fourth-order valence-electron chi connectivity index (χ4n) is 2.31. The van der Waals surface area contributed by atoms with Crippen LogP contribution in [0.2, 0.25) is 0 Å². The van der Waals surface area contributed by atoms with Gasteiger partial charge in [-0.25, -0.2) is 18.7 Å². The van der Waals surface area contributed by atoms with Crippen LogP contribution in [0.1, 0.15) is 12.6 Å². The molecule has 0 aliphatic carbocycles. The van der Waals surface area contributed by atoms with Gasteiger partial charge in [0.2, 0.25) is 0 Å². The summed E-state index contributed by atoms with van der Waals surface area (Å²) in [6.45, 7) is 2.75. The number of hydrogen-bond acceptors (Lipinski definition) is 5. The molecule has 3 aromatic rings. The van der Waals surface area contributed by atoms with E-state index in [4.69, 9.17) is 4.74 Å². The van der Waals surface area contributed by atoms with Crippen LogP contribution in [0.4, 0.5) is 14.6 Å². The zero-order chi connectivity index (χ0) is 18.4. The maximum atomic E-state index is 13.2. The molecule has 0 aliphatic heterocycles. The first kappa shape index (κ1) is 17.7. The Bertz CT molecular complexity index is 875. The van der Waals surface area contributed by atoms with Crippen molar-refractivity contribution in [2.75, 3.05) is 18.5 Å². The van der Waals surface area contributed by atoms with Crippen molar-refractivity contribution < 1.29 is 13.5 Å². The maximum Gasteiger partial charge on any atom is 0.162 e. The van der Waals surface area contributed by atoms with E-state index in [1.54, 1.807) is 12.4 Å². The average Bonchev–Trinajstić information content (AvgIpc) is 2.68. The molecule has 0 unspecified atom stereocenters. The molecule has 1 aromatic carbocycles. The predicted molar refractivity (Wildman–Crippen MR) is 95.0 cm³/mol. The van der Waals surface area contributed by atoms with Crippen molar-refractivity contribution in [3.05, 3.63) is 66.1 Å². The summed E-state index contributed by atoms with van der Waals surface area (Å²) in [6.07, 6.45) is 4.17. The molecule has 134 valence electrons. The SMILES string of the molecule is CCc1cc(NCCOc2ccc(F)c(F)c2)nc(-c2ccncc2)n1. The van der Waals surface area contributed by atoms with Gasteiger partial charge in [0.15, 0.2) is 17.5 Å². The highest BCUT2D eigenvalue weighted by Crippen LogP contribution is 2.18. The molecule has 0 fully saturated rings. The number of ether oxygens (including phenoxy) is 1. The molecule has 0 amide bonds. The zero-order valence-corrected chi connectivity index (χ0v) is 14.2. The Kier molecular flexibility index (Phi) is 5.68. The number of pyridine rings is 1. The molecule has 7 heteroatoms. The summed E-state index contributed by atoms with van der Waals surface area (Å²) in [7, 11) is 0. The monoisotopic (exact) mass is 356 g/mol. The molecular formula is C19H18F2N4O. The van der Waals surface area contributed by atoms with Crippen molar-refractivity contribution in [3.63, 3.8) is 0 Å². The standard InChI is InChI=1S/C19H18F2N4O/c1-2-14-11-18(25-19(24-14)13-5-7-22-8-6-13)23-9-10-26-15-3-4-16(20)17(21)12-15/h3-8,11-12H,2,9-10H2,1H3,(H,23,24,25). The Balaban J connectivity index is 1.63. The highest BCUT2D eigenvalue weighted by Gasteiger charge is 2.07. The van der Waals surface area contributed by atoms with Crippen LogP contribution in [-0.4, -0.2) is 28.1 Å². The van der Waals surface area contributed by atoms with Crippen LogP contribution in [0, 0.1) is 11.6 Å². The third-order valence-electron chi connectivity index (χ3n) is 3.65. The van der Waals surface area contributed by atoms with Gasteiger partial charge in [0.05, 0.1) is 6.54 Å². The van der Waals surface area contributed by atoms with Crippen LogP contribution in [0.25, 0.3) is 11.4 Å². The highest BCUT2D eigenvalue weighted by atomic mass is 19.2. The molecule has 2 heterocycles. The lowest BCUT2D eigenvalue weighted by atomic mass is 10.2. The molecule has 0 saturated carbocycles. The minimum absolute atomic E-state index is 0.278. The first-order valence-electron chi connectivity index (χ1n) is 8.26. The second kappa shape index (κ2) is 8.33. The number of rotatable bonds is 7. The zero-order valence-electron chi connectivity index (χ0n) is 14.2. The number of anilines is 1. The fraction of sp³-hybridized carbons (Fsp3) is 0.211. The van der Waals surface area contributed by atoms with E-state index in [-0.39, 0.29) is 12.4 Å². The smallest absolute Gasteiger partial charge is 0.162 e. The molecule has 0 saturated heterocycles. The van der Waals surface area contributed by atoms with Crippen molar-refractivity contribution in [2.45, 2.75) is 13.3 Å². The van der Waals surface area contributed by atoms with Crippen molar-refractivity contribution >= 4 is 5.82 Å². The van der Waals surface area contributed by atoms with Crippen LogP contribution in [0.5, 0.6) is 5.75 Å².